The van der Waals surface area contributed by atoms with Gasteiger partial charge in [0, 0.05) is 39.6 Å². The molecule has 0 aliphatic carbocycles. The monoisotopic (exact) mass is 356 g/mol. The van der Waals surface area contributed by atoms with Gasteiger partial charge in [-0.25, -0.2) is 4.79 Å². The van der Waals surface area contributed by atoms with Crippen LogP contribution in [-0.4, -0.2) is 53.4 Å². The fraction of sp³-hybridized carbons (Fsp3) is 0.316. The van der Waals surface area contributed by atoms with E-state index in [1.165, 1.54) is 25.3 Å². The van der Waals surface area contributed by atoms with Crippen molar-refractivity contribution in [2.24, 2.45) is 0 Å². The van der Waals surface area contributed by atoms with E-state index in [1.807, 2.05) is 0 Å². The van der Waals surface area contributed by atoms with E-state index >= 15 is 0 Å². The van der Waals surface area contributed by atoms with E-state index in [1.54, 1.807) is 48.7 Å². The molecular weight excluding hydrogens is 336 g/mol. The van der Waals surface area contributed by atoms with Crippen LogP contribution in [0.3, 0.4) is 0 Å². The Balaban J connectivity index is 2.24. The Labute approximate surface area is 151 Å². The Morgan fingerprint density at radius 1 is 1.12 bits per heavy atom. The van der Waals surface area contributed by atoms with Crippen LogP contribution in [-0.2, 0) is 19.8 Å². The molecule has 136 valence electrons. The average Bonchev–Trinajstić information content (AvgIpc) is 3.05. The summed E-state index contributed by atoms with van der Waals surface area (Å²) in [6.45, 7) is 0.163. The molecule has 1 fully saturated rings. The highest BCUT2D eigenvalue weighted by molar-refractivity contribution is 5.99. The molecule has 3 rings (SSSR count). The summed E-state index contributed by atoms with van der Waals surface area (Å²) >= 11 is 0. The third-order valence-electron chi connectivity index (χ3n) is 4.93. The Kier molecular flexibility index (Phi) is 4.76. The van der Waals surface area contributed by atoms with Crippen molar-refractivity contribution in [1.29, 1.82) is 0 Å². The first kappa shape index (κ1) is 18.0. The van der Waals surface area contributed by atoms with E-state index in [9.17, 15) is 14.7 Å². The number of aromatic nitrogens is 1. The molecule has 0 saturated carbocycles. The molecule has 1 aliphatic heterocycles. The van der Waals surface area contributed by atoms with Gasteiger partial charge >= 0.3 is 5.97 Å². The number of benzene rings is 1. The normalized spacial score (nSPS) is 21.5. The van der Waals surface area contributed by atoms with Crippen LogP contribution in [0.25, 0.3) is 0 Å². The minimum Gasteiger partial charge on any atom is -0.479 e. The molecule has 1 amide bonds. The molecule has 2 heterocycles. The van der Waals surface area contributed by atoms with E-state index in [4.69, 9.17) is 9.47 Å². The van der Waals surface area contributed by atoms with Crippen LogP contribution in [0, 0.1) is 0 Å². The van der Waals surface area contributed by atoms with Crippen LogP contribution in [0.2, 0.25) is 0 Å². The van der Waals surface area contributed by atoms with E-state index in [-0.39, 0.29) is 13.0 Å². The van der Waals surface area contributed by atoms with Gasteiger partial charge in [-0.2, -0.15) is 0 Å². The van der Waals surface area contributed by atoms with Crippen molar-refractivity contribution < 1.29 is 24.2 Å². The number of ether oxygens (including phenoxy) is 2. The number of carboxylic acid groups (broad SMARTS) is 1. The van der Waals surface area contributed by atoms with E-state index in [0.29, 0.717) is 11.1 Å². The maximum Gasteiger partial charge on any atom is 0.340 e. The number of rotatable bonds is 5. The van der Waals surface area contributed by atoms with Crippen LogP contribution in [0.15, 0.2) is 54.9 Å². The minimum atomic E-state index is -1.83. The van der Waals surface area contributed by atoms with Gasteiger partial charge in [0.25, 0.3) is 5.91 Å². The second-order valence-corrected chi connectivity index (χ2v) is 5.99. The first-order valence-corrected chi connectivity index (χ1v) is 8.14. The molecule has 0 bridgehead atoms. The molecule has 0 spiro atoms. The standard InChI is InChI=1S/C19H20N2O5/c1-25-18(26-2)10-12-21(16(22)14-7-6-11-20-13-14)19(18,17(23)24)15-8-4-3-5-9-15/h3-9,11,13H,10,12H2,1-2H3,(H,23,24). The zero-order valence-electron chi connectivity index (χ0n) is 14.6. The van der Waals surface area contributed by atoms with E-state index in [0.717, 1.165) is 0 Å². The number of nitrogens with zero attached hydrogens (tertiary/aromatic N) is 2. The highest BCUT2D eigenvalue weighted by Crippen LogP contribution is 2.49. The van der Waals surface area contributed by atoms with Crippen molar-refractivity contribution in [3.8, 4) is 0 Å². The molecule has 0 radical (unpaired) electrons. The molecule has 1 aromatic carbocycles. The SMILES string of the molecule is COC1(OC)CCN(C(=O)c2cccnc2)C1(C(=O)O)c1ccccc1. The number of likely N-dealkylation sites (tertiary alicyclic amines) is 1. The predicted octanol–water partition coefficient (Wildman–Crippen LogP) is 1.90. The summed E-state index contributed by atoms with van der Waals surface area (Å²) in [5, 5.41) is 10.3. The van der Waals surface area contributed by atoms with E-state index < -0.39 is 23.2 Å². The van der Waals surface area contributed by atoms with Crippen molar-refractivity contribution >= 4 is 11.9 Å². The number of pyridine rings is 1. The lowest BCUT2D eigenvalue weighted by Gasteiger charge is -2.44. The van der Waals surface area contributed by atoms with Gasteiger partial charge in [-0.15, -0.1) is 0 Å². The third-order valence-corrected chi connectivity index (χ3v) is 4.93. The Morgan fingerprint density at radius 3 is 2.35 bits per heavy atom. The lowest BCUT2D eigenvalue weighted by Crippen LogP contribution is -2.63. The molecule has 1 unspecified atom stereocenters. The lowest BCUT2D eigenvalue weighted by molar-refractivity contribution is -0.253. The second-order valence-electron chi connectivity index (χ2n) is 5.99. The molecule has 1 N–H and O–H groups in total. The van der Waals surface area contributed by atoms with Gasteiger partial charge in [-0.05, 0) is 17.7 Å². The molecule has 7 heteroatoms. The fourth-order valence-corrected chi connectivity index (χ4v) is 3.75. The number of hydrogen-bond donors (Lipinski definition) is 1. The molecule has 26 heavy (non-hydrogen) atoms. The van der Waals surface area contributed by atoms with Crippen molar-refractivity contribution in [3.63, 3.8) is 0 Å². The summed E-state index contributed by atoms with van der Waals surface area (Å²) in [7, 11) is 2.78. The molecule has 1 atom stereocenters. The largest absolute Gasteiger partial charge is 0.479 e. The Morgan fingerprint density at radius 2 is 1.81 bits per heavy atom. The number of hydrogen-bond acceptors (Lipinski definition) is 5. The fourth-order valence-electron chi connectivity index (χ4n) is 3.75. The number of aliphatic carboxylic acids is 1. The molecule has 1 aromatic heterocycles. The van der Waals surface area contributed by atoms with Crippen molar-refractivity contribution in [3.05, 3.63) is 66.0 Å². The highest BCUT2D eigenvalue weighted by Gasteiger charge is 2.68. The first-order valence-electron chi connectivity index (χ1n) is 8.14. The van der Waals surface area contributed by atoms with Crippen LogP contribution in [0.5, 0.6) is 0 Å². The summed E-state index contributed by atoms with van der Waals surface area (Å²) in [6.07, 6.45) is 3.18. The highest BCUT2D eigenvalue weighted by atomic mass is 16.7. The summed E-state index contributed by atoms with van der Waals surface area (Å²) in [5.41, 5.74) is -1.12. The van der Waals surface area contributed by atoms with Gasteiger partial charge in [0.15, 0.2) is 0 Å². The van der Waals surface area contributed by atoms with Gasteiger partial charge in [0.05, 0.1) is 5.56 Å². The summed E-state index contributed by atoms with van der Waals surface area (Å²) in [6, 6.07) is 11.8. The average molecular weight is 356 g/mol. The smallest absolute Gasteiger partial charge is 0.340 e. The van der Waals surface area contributed by atoms with Crippen molar-refractivity contribution in [2.45, 2.75) is 17.7 Å². The first-order chi connectivity index (χ1) is 12.5. The van der Waals surface area contributed by atoms with Gasteiger partial charge in [0.2, 0.25) is 11.3 Å². The van der Waals surface area contributed by atoms with Crippen LogP contribution < -0.4 is 0 Å². The summed E-state index contributed by atoms with van der Waals surface area (Å²) in [5.74, 6) is -3.18. The minimum absolute atomic E-state index is 0.163. The molecule has 1 aliphatic rings. The van der Waals surface area contributed by atoms with Gasteiger partial charge in [0.1, 0.15) is 0 Å². The molecule has 1 saturated heterocycles. The maximum atomic E-state index is 13.2. The number of methoxy groups -OCH3 is 2. The third kappa shape index (κ3) is 2.40. The summed E-state index contributed by atoms with van der Waals surface area (Å²) in [4.78, 5) is 31.1. The number of amides is 1. The number of carbonyl (C=O) groups is 2. The Hall–Kier alpha value is -2.77. The predicted molar refractivity (Wildman–Crippen MR) is 92.4 cm³/mol. The zero-order valence-corrected chi connectivity index (χ0v) is 14.6. The van der Waals surface area contributed by atoms with Gasteiger partial charge in [-0.3, -0.25) is 9.78 Å². The quantitative estimate of drug-likeness (QED) is 0.823. The number of carbonyl (C=O) groups excluding carboxylic acids is 1. The second kappa shape index (κ2) is 6.86. The number of carboxylic acids is 1. The lowest BCUT2D eigenvalue weighted by atomic mass is 9.81. The van der Waals surface area contributed by atoms with E-state index in [2.05, 4.69) is 4.98 Å². The van der Waals surface area contributed by atoms with Crippen molar-refractivity contribution in [1.82, 2.24) is 9.88 Å². The maximum absolute atomic E-state index is 13.2. The van der Waals surface area contributed by atoms with Crippen LogP contribution in [0.4, 0.5) is 0 Å². The van der Waals surface area contributed by atoms with Gasteiger partial charge < -0.3 is 19.5 Å². The zero-order chi connectivity index (χ0) is 18.8. The van der Waals surface area contributed by atoms with Crippen LogP contribution in [0.1, 0.15) is 22.3 Å². The molecular formula is C19H20N2O5. The van der Waals surface area contributed by atoms with Gasteiger partial charge in [-0.1, -0.05) is 30.3 Å². The van der Waals surface area contributed by atoms with Crippen molar-refractivity contribution in [2.75, 3.05) is 20.8 Å². The molecule has 2 aromatic rings. The summed E-state index contributed by atoms with van der Waals surface area (Å²) < 4.78 is 11.2. The molecule has 7 nitrogen and oxygen atoms in total. The van der Waals surface area contributed by atoms with Crippen LogP contribution >= 0.6 is 0 Å². The Bertz CT molecular complexity index is 792. The topological polar surface area (TPSA) is 89.0 Å².